The van der Waals surface area contributed by atoms with E-state index in [0.717, 1.165) is 43.7 Å². The van der Waals surface area contributed by atoms with E-state index in [1.54, 1.807) is 4.68 Å². The summed E-state index contributed by atoms with van der Waals surface area (Å²) in [6.45, 7) is 6.13. The van der Waals surface area contributed by atoms with Gasteiger partial charge in [0.2, 0.25) is 0 Å². The number of aryl methyl sites for hydroxylation is 1. The van der Waals surface area contributed by atoms with Crippen LogP contribution in [0.4, 0.5) is 0 Å². The van der Waals surface area contributed by atoms with Crippen LogP contribution in [0.2, 0.25) is 0 Å². The molecule has 5 nitrogen and oxygen atoms in total. The summed E-state index contributed by atoms with van der Waals surface area (Å²) < 4.78 is 26.1. The van der Waals surface area contributed by atoms with Crippen molar-refractivity contribution >= 4 is 9.84 Å². The van der Waals surface area contributed by atoms with E-state index < -0.39 is 15.2 Å². The minimum atomic E-state index is -3.01. The lowest BCUT2D eigenvalue weighted by Crippen LogP contribution is -2.27. The van der Waals surface area contributed by atoms with Crippen LogP contribution in [0.1, 0.15) is 53.9 Å². The number of sulfone groups is 1. The van der Waals surface area contributed by atoms with Crippen LogP contribution in [0.25, 0.3) is 0 Å². The van der Waals surface area contributed by atoms with E-state index in [2.05, 4.69) is 10.4 Å². The molecule has 1 N–H and O–H groups in total. The summed E-state index contributed by atoms with van der Waals surface area (Å²) in [7, 11) is -3.01. The molecule has 0 aliphatic carbocycles. The Labute approximate surface area is 120 Å². The Kier molecular flexibility index (Phi) is 3.62. The van der Waals surface area contributed by atoms with Gasteiger partial charge >= 0.3 is 0 Å². The van der Waals surface area contributed by atoms with Crippen LogP contribution in [-0.2, 0) is 9.84 Å². The van der Waals surface area contributed by atoms with Gasteiger partial charge in [0.05, 0.1) is 11.4 Å². The molecular weight excluding hydrogens is 274 g/mol. The minimum absolute atomic E-state index is 0.304. The smallest absolute Gasteiger partial charge is 0.173 e. The van der Waals surface area contributed by atoms with Crippen LogP contribution in [0.3, 0.4) is 0 Å². The second-order valence-corrected chi connectivity index (χ2v) is 8.30. The Balaban J connectivity index is 1.98. The lowest BCUT2D eigenvalue weighted by atomic mass is 9.89. The van der Waals surface area contributed by atoms with Gasteiger partial charge in [-0.15, -0.1) is 0 Å². The van der Waals surface area contributed by atoms with Crippen molar-refractivity contribution in [2.75, 3.05) is 18.8 Å². The zero-order valence-corrected chi connectivity index (χ0v) is 13.0. The Bertz CT molecular complexity index is 600. The summed E-state index contributed by atoms with van der Waals surface area (Å²) in [6.07, 6.45) is 3.69. The van der Waals surface area contributed by atoms with Crippen molar-refractivity contribution in [2.24, 2.45) is 0 Å². The Morgan fingerprint density at radius 2 is 1.90 bits per heavy atom. The average Bonchev–Trinajstić information content (AvgIpc) is 2.90. The van der Waals surface area contributed by atoms with E-state index in [9.17, 15) is 8.42 Å². The SMILES string of the molecule is Cc1nn(C2CCCS2(=O)=O)c(C)c1C1CCNCC1. The molecule has 1 aromatic heterocycles. The minimum Gasteiger partial charge on any atom is -0.317 e. The summed E-state index contributed by atoms with van der Waals surface area (Å²) in [5, 5.41) is 7.52. The molecule has 3 heterocycles. The van der Waals surface area contributed by atoms with Crippen molar-refractivity contribution in [2.45, 2.75) is 50.8 Å². The van der Waals surface area contributed by atoms with Gasteiger partial charge in [0.15, 0.2) is 15.2 Å². The summed E-state index contributed by atoms with van der Waals surface area (Å²) in [5.74, 6) is 0.827. The molecule has 0 saturated carbocycles. The Hall–Kier alpha value is -0.880. The van der Waals surface area contributed by atoms with Crippen molar-refractivity contribution in [1.82, 2.24) is 15.1 Å². The lowest BCUT2D eigenvalue weighted by molar-refractivity contribution is 0.456. The Morgan fingerprint density at radius 1 is 1.20 bits per heavy atom. The molecule has 112 valence electrons. The van der Waals surface area contributed by atoms with Crippen molar-refractivity contribution < 1.29 is 8.42 Å². The second kappa shape index (κ2) is 5.15. The third-order valence-corrected chi connectivity index (χ3v) is 6.82. The highest BCUT2D eigenvalue weighted by Crippen LogP contribution is 2.35. The van der Waals surface area contributed by atoms with Gasteiger partial charge in [-0.1, -0.05) is 0 Å². The Morgan fingerprint density at radius 3 is 2.50 bits per heavy atom. The normalized spacial score (nSPS) is 27.0. The first-order valence-electron chi connectivity index (χ1n) is 7.48. The molecule has 0 aromatic carbocycles. The zero-order valence-electron chi connectivity index (χ0n) is 12.2. The molecule has 0 radical (unpaired) electrons. The van der Waals surface area contributed by atoms with Gasteiger partial charge in [0.1, 0.15) is 0 Å². The highest BCUT2D eigenvalue weighted by molar-refractivity contribution is 7.91. The number of piperidine rings is 1. The first kappa shape index (κ1) is 14.1. The summed E-state index contributed by atoms with van der Waals surface area (Å²) in [4.78, 5) is 0. The number of hydrogen-bond acceptors (Lipinski definition) is 4. The van der Waals surface area contributed by atoms with Gasteiger partial charge in [-0.05, 0) is 64.1 Å². The molecule has 2 fully saturated rings. The molecule has 20 heavy (non-hydrogen) atoms. The van der Waals surface area contributed by atoms with Crippen molar-refractivity contribution in [3.05, 3.63) is 17.0 Å². The number of rotatable bonds is 2. The van der Waals surface area contributed by atoms with E-state index in [0.29, 0.717) is 18.1 Å². The molecule has 3 rings (SSSR count). The topological polar surface area (TPSA) is 64.0 Å². The maximum Gasteiger partial charge on any atom is 0.173 e. The fourth-order valence-corrected chi connectivity index (χ4v) is 5.58. The van der Waals surface area contributed by atoms with Gasteiger partial charge in [-0.3, -0.25) is 4.68 Å². The predicted molar refractivity (Wildman–Crippen MR) is 78.6 cm³/mol. The summed E-state index contributed by atoms with van der Waals surface area (Å²) in [5.41, 5.74) is 3.36. The van der Waals surface area contributed by atoms with Crippen LogP contribution < -0.4 is 5.32 Å². The van der Waals surface area contributed by atoms with Gasteiger partial charge in [-0.25, -0.2) is 8.42 Å². The fraction of sp³-hybridized carbons (Fsp3) is 0.786. The zero-order chi connectivity index (χ0) is 14.3. The van der Waals surface area contributed by atoms with Crippen LogP contribution in [0.5, 0.6) is 0 Å². The first-order valence-corrected chi connectivity index (χ1v) is 9.20. The maximum absolute atomic E-state index is 12.1. The molecule has 2 saturated heterocycles. The predicted octanol–water partition coefficient (Wildman–Crippen LogP) is 1.67. The van der Waals surface area contributed by atoms with Crippen LogP contribution in [0, 0.1) is 13.8 Å². The second-order valence-electron chi connectivity index (χ2n) is 6.02. The van der Waals surface area contributed by atoms with Crippen LogP contribution in [-0.4, -0.2) is 37.0 Å². The van der Waals surface area contributed by atoms with E-state index in [1.165, 1.54) is 5.56 Å². The largest absolute Gasteiger partial charge is 0.317 e. The molecule has 6 heteroatoms. The van der Waals surface area contributed by atoms with Crippen molar-refractivity contribution in [3.63, 3.8) is 0 Å². The van der Waals surface area contributed by atoms with Crippen LogP contribution in [0.15, 0.2) is 0 Å². The van der Waals surface area contributed by atoms with E-state index in [-0.39, 0.29) is 0 Å². The summed E-state index contributed by atoms with van der Waals surface area (Å²) in [6, 6.07) is 0. The molecular formula is C14H23N3O2S. The van der Waals surface area contributed by atoms with Gasteiger partial charge < -0.3 is 5.32 Å². The third kappa shape index (κ3) is 2.29. The molecule has 1 atom stereocenters. The van der Waals surface area contributed by atoms with Crippen molar-refractivity contribution in [3.8, 4) is 0 Å². The van der Waals surface area contributed by atoms with E-state index in [1.807, 2.05) is 13.8 Å². The number of aromatic nitrogens is 2. The van der Waals surface area contributed by atoms with Gasteiger partial charge in [-0.2, -0.15) is 5.10 Å². The molecule has 0 amide bonds. The maximum atomic E-state index is 12.1. The van der Waals surface area contributed by atoms with Gasteiger partial charge in [0.25, 0.3) is 0 Å². The quantitative estimate of drug-likeness (QED) is 0.902. The van der Waals surface area contributed by atoms with E-state index in [4.69, 9.17) is 0 Å². The molecule has 0 bridgehead atoms. The fourth-order valence-electron chi connectivity index (χ4n) is 3.71. The number of hydrogen-bond donors (Lipinski definition) is 1. The average molecular weight is 297 g/mol. The summed E-state index contributed by atoms with van der Waals surface area (Å²) >= 11 is 0. The van der Waals surface area contributed by atoms with Crippen LogP contribution >= 0.6 is 0 Å². The molecule has 1 unspecified atom stereocenters. The third-order valence-electron chi connectivity index (χ3n) is 4.70. The number of nitrogens with one attached hydrogen (secondary N) is 1. The molecule has 2 aliphatic rings. The monoisotopic (exact) mass is 297 g/mol. The van der Waals surface area contributed by atoms with Crippen molar-refractivity contribution in [1.29, 1.82) is 0 Å². The highest BCUT2D eigenvalue weighted by atomic mass is 32.2. The molecule has 2 aliphatic heterocycles. The lowest BCUT2D eigenvalue weighted by Gasteiger charge is -2.23. The number of nitrogens with zero attached hydrogens (tertiary/aromatic N) is 2. The van der Waals surface area contributed by atoms with Gasteiger partial charge in [0, 0.05) is 5.69 Å². The molecule has 1 aromatic rings. The molecule has 0 spiro atoms. The first-order chi connectivity index (χ1) is 9.50. The van der Waals surface area contributed by atoms with E-state index >= 15 is 0 Å². The highest BCUT2D eigenvalue weighted by Gasteiger charge is 2.36. The standard InChI is InChI=1S/C14H23N3O2S/c1-10-14(12-5-7-15-8-6-12)11(2)17(16-10)13-4-3-9-20(13,18)19/h12-13,15H,3-9H2,1-2H3.